The topological polar surface area (TPSA) is 140 Å². The van der Waals surface area contributed by atoms with Gasteiger partial charge in [0.2, 0.25) is 0 Å². The Bertz CT molecular complexity index is 7320. The normalized spacial score (nSPS) is 11.9. The molecule has 0 spiro atoms. The molecule has 0 radical (unpaired) electrons. The predicted octanol–water partition coefficient (Wildman–Crippen LogP) is 24.3. The van der Waals surface area contributed by atoms with Crippen LogP contribution in [-0.4, -0.2) is 44.0 Å². The molecule has 12 nitrogen and oxygen atoms in total. The van der Waals surface area contributed by atoms with Crippen molar-refractivity contribution in [3.63, 3.8) is 0 Å². The number of benzene rings is 14. The Kier molecular flexibility index (Phi) is 13.4. The van der Waals surface area contributed by atoms with E-state index in [1.165, 1.54) is 0 Å². The average molecular weight is 1370 g/mol. The van der Waals surface area contributed by atoms with Crippen molar-refractivity contribution in [2.24, 2.45) is 0 Å². The molecule has 0 bridgehead atoms. The lowest BCUT2D eigenvalue weighted by Crippen LogP contribution is -2.01. The summed E-state index contributed by atoms with van der Waals surface area (Å²) in [7, 11) is 0. The molecule has 0 aliphatic heterocycles. The van der Waals surface area contributed by atoms with Crippen LogP contribution in [0.25, 0.3) is 223 Å². The van der Waals surface area contributed by atoms with Crippen LogP contribution in [0.2, 0.25) is 0 Å². The summed E-state index contributed by atoms with van der Waals surface area (Å²) in [6.45, 7) is 0. The molecule has 0 amide bonds. The molecule has 0 saturated heterocycles. The van der Waals surface area contributed by atoms with Gasteiger partial charge in [-0.2, -0.15) is 0 Å². The van der Waals surface area contributed by atoms with Crippen LogP contribution in [0.3, 0.4) is 0 Å². The molecule has 498 valence electrons. The molecule has 22 aromatic rings. The van der Waals surface area contributed by atoms with Crippen LogP contribution in [0.15, 0.2) is 347 Å². The van der Waals surface area contributed by atoms with Gasteiger partial charge >= 0.3 is 0 Å². The highest BCUT2D eigenvalue weighted by molar-refractivity contribution is 6.17. The molecular formula is C95H55N9O3. The van der Waals surface area contributed by atoms with Gasteiger partial charge in [0, 0.05) is 116 Å². The fourth-order valence-corrected chi connectivity index (χ4v) is 15.9. The Morgan fingerprint density at radius 1 is 0.215 bits per heavy atom. The first-order valence-corrected chi connectivity index (χ1v) is 35.7. The van der Waals surface area contributed by atoms with E-state index in [0.717, 1.165) is 188 Å². The number of nitrogens with zero attached hydrogens (tertiary/aromatic N) is 9. The summed E-state index contributed by atoms with van der Waals surface area (Å²) < 4.78 is 24.8. The Morgan fingerprint density at radius 2 is 0.617 bits per heavy atom. The zero-order valence-corrected chi connectivity index (χ0v) is 57.0. The van der Waals surface area contributed by atoms with Crippen LogP contribution in [0, 0.1) is 0 Å². The van der Waals surface area contributed by atoms with E-state index >= 15 is 0 Å². The summed E-state index contributed by atoms with van der Waals surface area (Å²) in [6, 6.07) is 113. The van der Waals surface area contributed by atoms with E-state index in [1.807, 2.05) is 121 Å². The molecule has 0 N–H and O–H groups in total. The van der Waals surface area contributed by atoms with Crippen LogP contribution < -0.4 is 0 Å². The third-order valence-corrected chi connectivity index (χ3v) is 20.9. The highest BCUT2D eigenvalue weighted by atomic mass is 16.3. The second kappa shape index (κ2) is 23.9. The Labute approximate surface area is 610 Å². The Hall–Kier alpha value is -14.8. The largest absolute Gasteiger partial charge is 0.456 e. The van der Waals surface area contributed by atoms with Gasteiger partial charge in [0.1, 0.15) is 39.3 Å². The van der Waals surface area contributed by atoms with Gasteiger partial charge in [0.15, 0.2) is 34.9 Å². The fraction of sp³-hybridized carbons (Fsp3) is 0. The number of furan rings is 3. The number of rotatable bonds is 11. The van der Waals surface area contributed by atoms with E-state index in [2.05, 4.69) is 221 Å². The number of aromatic nitrogens is 9. The van der Waals surface area contributed by atoms with Crippen molar-refractivity contribution >= 4 is 109 Å². The molecule has 14 aromatic carbocycles. The maximum Gasteiger partial charge on any atom is 0.165 e. The number of hydrogen-bond donors (Lipinski definition) is 0. The summed E-state index contributed by atoms with van der Waals surface area (Å²) in [5, 5.41) is 10.7. The van der Waals surface area contributed by atoms with E-state index in [0.29, 0.717) is 34.9 Å². The first-order chi connectivity index (χ1) is 53.0. The number of pyridine rings is 1. The molecule has 8 heterocycles. The van der Waals surface area contributed by atoms with Crippen molar-refractivity contribution in [3.8, 4) is 113 Å². The van der Waals surface area contributed by atoms with Gasteiger partial charge in [-0.15, -0.1) is 0 Å². The lowest BCUT2D eigenvalue weighted by molar-refractivity contribution is 0.669. The van der Waals surface area contributed by atoms with Crippen molar-refractivity contribution < 1.29 is 13.3 Å². The van der Waals surface area contributed by atoms with Gasteiger partial charge in [-0.3, -0.25) is 4.57 Å². The standard InChI is InChI=1S/C95H55N9O3/c1-3-20-57(21-4-1)90-97-91(58-22-5-2-6-23-58)100-94(99-90)63-48-51-85(96-55-63)104-79-38-12-8-27-69(79)71-50-47-61(54-81(71)104)67-32-18-35-75-74-34-16-30-65(88(74)107-89(67)75)56-42-44-59(45-43-56)92-98-93(102-95(101-92)77-36-19-41-84-86(77)76-29-10-14-40-83(76)105-84)62-24-15-25-64(52-62)103-78-37-11-7-26-68(78)70-49-46-60(53-80(70)103)66-31-17-33-73-72-28-9-13-39-82(72)106-87(66)73/h1-55H. The van der Waals surface area contributed by atoms with Crippen molar-refractivity contribution in [1.82, 2.24) is 44.0 Å². The van der Waals surface area contributed by atoms with E-state index in [1.54, 1.807) is 0 Å². The van der Waals surface area contributed by atoms with E-state index in [-0.39, 0.29) is 0 Å². The molecule has 0 unspecified atom stereocenters. The predicted molar refractivity (Wildman–Crippen MR) is 430 cm³/mol. The Morgan fingerprint density at radius 3 is 1.23 bits per heavy atom. The third-order valence-electron chi connectivity index (χ3n) is 20.9. The SMILES string of the molecule is c1ccc(-c2nc(-c3ccccc3)nc(-c3ccc(-n4c5ccccc5c5ccc(-c6cccc7c6oc6c(-c8ccc(-c9nc(-c%10cccc(-n%11c%12ccccc%12c%12ccc(-c%13cccc%14c%13oc%13ccccc%13%14)cc%12%11)c%10)nc(-c%10cccc%11oc%12ccccc%12c%10%11)n9)cc8)cccc67)cc54)nc3)n2)cc1. The zero-order valence-electron chi connectivity index (χ0n) is 57.0. The first kappa shape index (κ1) is 59.9. The number of hydrogen-bond acceptors (Lipinski definition) is 10. The molecule has 22 rings (SSSR count). The van der Waals surface area contributed by atoms with Crippen molar-refractivity contribution in [3.05, 3.63) is 334 Å². The van der Waals surface area contributed by atoms with Crippen molar-refractivity contribution in [2.75, 3.05) is 0 Å². The molecule has 12 heteroatoms. The van der Waals surface area contributed by atoms with Gasteiger partial charge in [-0.05, 0) is 83.4 Å². The second-order valence-electron chi connectivity index (χ2n) is 27.1. The minimum absolute atomic E-state index is 0.526. The van der Waals surface area contributed by atoms with E-state index in [4.69, 9.17) is 48.1 Å². The average Bonchev–Trinajstić information content (AvgIpc) is 1.59. The fourth-order valence-electron chi connectivity index (χ4n) is 15.9. The second-order valence-corrected chi connectivity index (χ2v) is 27.1. The van der Waals surface area contributed by atoms with Crippen LogP contribution in [0.4, 0.5) is 0 Å². The summed E-state index contributed by atoms with van der Waals surface area (Å²) in [5.74, 6) is 4.07. The van der Waals surface area contributed by atoms with Gasteiger partial charge in [-0.1, -0.05) is 261 Å². The van der Waals surface area contributed by atoms with Gasteiger partial charge in [-0.25, -0.2) is 34.9 Å². The summed E-state index contributed by atoms with van der Waals surface area (Å²) >= 11 is 0. The lowest BCUT2D eigenvalue weighted by Gasteiger charge is -2.12. The van der Waals surface area contributed by atoms with Crippen molar-refractivity contribution in [1.29, 1.82) is 0 Å². The van der Waals surface area contributed by atoms with E-state index in [9.17, 15) is 0 Å². The Balaban J connectivity index is 0.633. The van der Waals surface area contributed by atoms with E-state index < -0.39 is 0 Å². The maximum absolute atomic E-state index is 7.20. The molecule has 107 heavy (non-hydrogen) atoms. The van der Waals surface area contributed by atoms with Gasteiger partial charge in [0.05, 0.1) is 22.1 Å². The number of fused-ring (bicyclic) bond motifs is 15. The highest BCUT2D eigenvalue weighted by Crippen LogP contribution is 2.45. The van der Waals surface area contributed by atoms with Crippen molar-refractivity contribution in [2.45, 2.75) is 0 Å². The first-order valence-electron chi connectivity index (χ1n) is 35.7. The summed E-state index contributed by atoms with van der Waals surface area (Å²) in [6.07, 6.45) is 1.86. The molecule has 0 aliphatic carbocycles. The minimum Gasteiger partial charge on any atom is -0.456 e. The molecule has 0 fully saturated rings. The summed E-state index contributed by atoms with van der Waals surface area (Å²) in [4.78, 5) is 36.2. The lowest BCUT2D eigenvalue weighted by atomic mass is 9.99. The molecular weight excluding hydrogens is 1320 g/mol. The maximum atomic E-state index is 7.20. The van der Waals surface area contributed by atoms with Gasteiger partial charge < -0.3 is 17.8 Å². The zero-order chi connectivity index (χ0) is 70.2. The molecule has 0 aliphatic rings. The summed E-state index contributed by atoms with van der Waals surface area (Å²) in [5.41, 5.74) is 21.1. The molecule has 0 atom stereocenters. The van der Waals surface area contributed by atoms with Gasteiger partial charge in [0.25, 0.3) is 0 Å². The van der Waals surface area contributed by atoms with Crippen LogP contribution in [0.1, 0.15) is 0 Å². The van der Waals surface area contributed by atoms with Crippen LogP contribution in [0.5, 0.6) is 0 Å². The quantitative estimate of drug-likeness (QED) is 0.123. The number of para-hydroxylation sites is 7. The highest BCUT2D eigenvalue weighted by Gasteiger charge is 2.24. The molecule has 0 saturated carbocycles. The third kappa shape index (κ3) is 9.73. The monoisotopic (exact) mass is 1370 g/mol. The van der Waals surface area contributed by atoms with Crippen LogP contribution in [-0.2, 0) is 0 Å². The van der Waals surface area contributed by atoms with Crippen LogP contribution >= 0.6 is 0 Å². The molecule has 8 aromatic heterocycles. The smallest absolute Gasteiger partial charge is 0.165 e. The minimum atomic E-state index is 0.526.